The molecule has 0 aliphatic heterocycles. The number of anilines is 1. The summed E-state index contributed by atoms with van der Waals surface area (Å²) in [6.07, 6.45) is 0. The van der Waals surface area contributed by atoms with Crippen molar-refractivity contribution in [2.24, 2.45) is 5.73 Å². The Labute approximate surface area is 124 Å². The first kappa shape index (κ1) is 14.4. The van der Waals surface area contributed by atoms with E-state index in [1.54, 1.807) is 36.4 Å². The van der Waals surface area contributed by atoms with E-state index < -0.39 is 5.91 Å². The number of hydrogen-bond acceptors (Lipinski definition) is 4. The van der Waals surface area contributed by atoms with Gasteiger partial charge in [0, 0.05) is 5.69 Å². The minimum Gasteiger partial charge on any atom is -0.484 e. The lowest BCUT2D eigenvalue weighted by molar-refractivity contribution is -0.119. The molecule has 20 heavy (non-hydrogen) atoms. The van der Waals surface area contributed by atoms with Crippen LogP contribution in [0.3, 0.4) is 0 Å². The molecule has 104 valence electrons. The molecule has 1 heterocycles. The number of benzene rings is 1. The Morgan fingerprint density at radius 2 is 1.90 bits per heavy atom. The maximum Gasteiger partial charge on any atom is 0.265 e. The van der Waals surface area contributed by atoms with E-state index in [9.17, 15) is 9.59 Å². The number of halogens is 1. The van der Waals surface area contributed by atoms with Crippen LogP contribution in [0.1, 0.15) is 9.67 Å². The average Bonchev–Trinajstić information content (AvgIpc) is 2.85. The Morgan fingerprint density at radius 3 is 2.45 bits per heavy atom. The van der Waals surface area contributed by atoms with Crippen molar-refractivity contribution < 1.29 is 14.3 Å². The summed E-state index contributed by atoms with van der Waals surface area (Å²) in [5, 5.41) is 2.73. The summed E-state index contributed by atoms with van der Waals surface area (Å²) in [5.74, 6) is -0.273. The molecule has 1 aromatic carbocycles. The molecular formula is C13H11ClN2O3S. The number of nitrogens with one attached hydrogen (secondary N) is 1. The maximum atomic E-state index is 11.9. The van der Waals surface area contributed by atoms with Crippen molar-refractivity contribution in [2.75, 3.05) is 11.9 Å². The Balaban J connectivity index is 1.96. The molecule has 2 rings (SSSR count). The highest BCUT2D eigenvalue weighted by atomic mass is 35.5. The summed E-state index contributed by atoms with van der Waals surface area (Å²) in [4.78, 5) is 23.0. The van der Waals surface area contributed by atoms with Gasteiger partial charge in [-0.3, -0.25) is 9.59 Å². The van der Waals surface area contributed by atoms with Crippen LogP contribution in [0.2, 0.25) is 4.34 Å². The number of ether oxygens (including phenoxy) is 1. The van der Waals surface area contributed by atoms with Crippen LogP contribution in [-0.2, 0) is 4.79 Å². The molecule has 7 heteroatoms. The molecule has 1 aromatic heterocycles. The Bertz CT molecular complexity index is 625. The fourth-order valence-corrected chi connectivity index (χ4v) is 2.36. The van der Waals surface area contributed by atoms with Crippen LogP contribution in [-0.4, -0.2) is 18.4 Å². The summed E-state index contributed by atoms with van der Waals surface area (Å²) in [6, 6.07) is 9.95. The van der Waals surface area contributed by atoms with Crippen molar-refractivity contribution >= 4 is 40.4 Å². The number of amides is 2. The molecule has 0 spiro atoms. The monoisotopic (exact) mass is 310 g/mol. The SMILES string of the molecule is NC(=O)COc1ccc(NC(=O)c2ccc(Cl)s2)cc1. The van der Waals surface area contributed by atoms with Crippen LogP contribution in [0.25, 0.3) is 0 Å². The van der Waals surface area contributed by atoms with Gasteiger partial charge in [-0.25, -0.2) is 0 Å². The summed E-state index contributed by atoms with van der Waals surface area (Å²) >= 11 is 6.98. The first-order valence-electron chi connectivity index (χ1n) is 5.62. The Kier molecular flexibility index (Phi) is 4.60. The third-order valence-corrected chi connectivity index (χ3v) is 3.52. The number of hydrogen-bond donors (Lipinski definition) is 2. The largest absolute Gasteiger partial charge is 0.484 e. The molecule has 2 aromatic rings. The smallest absolute Gasteiger partial charge is 0.265 e. The lowest BCUT2D eigenvalue weighted by Gasteiger charge is -2.06. The van der Waals surface area contributed by atoms with Crippen LogP contribution in [0.4, 0.5) is 5.69 Å². The molecular weight excluding hydrogens is 300 g/mol. The van der Waals surface area contributed by atoms with Crippen molar-refractivity contribution in [1.82, 2.24) is 0 Å². The van der Waals surface area contributed by atoms with E-state index in [1.807, 2.05) is 0 Å². The highest BCUT2D eigenvalue weighted by Gasteiger charge is 2.09. The summed E-state index contributed by atoms with van der Waals surface area (Å²) in [7, 11) is 0. The van der Waals surface area contributed by atoms with Gasteiger partial charge in [0.15, 0.2) is 6.61 Å². The lowest BCUT2D eigenvalue weighted by atomic mass is 10.3. The zero-order valence-electron chi connectivity index (χ0n) is 10.3. The number of primary amides is 1. The van der Waals surface area contributed by atoms with Crippen LogP contribution < -0.4 is 15.8 Å². The zero-order chi connectivity index (χ0) is 14.5. The molecule has 2 amide bonds. The number of carbonyl (C=O) groups excluding carboxylic acids is 2. The van der Waals surface area contributed by atoms with Gasteiger partial charge in [0.05, 0.1) is 9.21 Å². The first-order chi connectivity index (χ1) is 9.54. The van der Waals surface area contributed by atoms with Crippen molar-refractivity contribution in [1.29, 1.82) is 0 Å². The highest BCUT2D eigenvalue weighted by Crippen LogP contribution is 2.23. The molecule has 0 aliphatic carbocycles. The molecule has 3 N–H and O–H groups in total. The van der Waals surface area contributed by atoms with Crippen LogP contribution in [0.5, 0.6) is 5.75 Å². The standard InChI is InChI=1S/C13H11ClN2O3S/c14-11-6-5-10(20-11)13(18)16-8-1-3-9(4-2-8)19-7-12(15)17/h1-6H,7H2,(H2,15,17)(H,16,18). The minimum atomic E-state index is -0.544. The van der Waals surface area contributed by atoms with E-state index in [0.29, 0.717) is 20.7 Å². The van der Waals surface area contributed by atoms with Crippen molar-refractivity contribution in [2.45, 2.75) is 0 Å². The number of rotatable bonds is 5. The van der Waals surface area contributed by atoms with Gasteiger partial charge in [-0.05, 0) is 36.4 Å². The van der Waals surface area contributed by atoms with E-state index in [4.69, 9.17) is 22.1 Å². The van der Waals surface area contributed by atoms with Crippen LogP contribution in [0, 0.1) is 0 Å². The van der Waals surface area contributed by atoms with Gasteiger partial charge >= 0.3 is 0 Å². The second-order valence-electron chi connectivity index (χ2n) is 3.84. The molecule has 5 nitrogen and oxygen atoms in total. The second-order valence-corrected chi connectivity index (χ2v) is 5.55. The van der Waals surface area contributed by atoms with E-state index >= 15 is 0 Å². The van der Waals surface area contributed by atoms with Crippen LogP contribution >= 0.6 is 22.9 Å². The van der Waals surface area contributed by atoms with Gasteiger partial charge in [0.25, 0.3) is 11.8 Å². The van der Waals surface area contributed by atoms with Gasteiger partial charge < -0.3 is 15.8 Å². The molecule has 0 fully saturated rings. The van der Waals surface area contributed by atoms with Gasteiger partial charge in [-0.1, -0.05) is 11.6 Å². The Hall–Kier alpha value is -2.05. The molecule has 0 aliphatic rings. The fraction of sp³-hybridized carbons (Fsp3) is 0.0769. The number of carbonyl (C=O) groups is 2. The molecule has 0 atom stereocenters. The van der Waals surface area contributed by atoms with E-state index in [1.165, 1.54) is 11.3 Å². The van der Waals surface area contributed by atoms with Gasteiger partial charge in [-0.15, -0.1) is 11.3 Å². The quantitative estimate of drug-likeness (QED) is 0.890. The topological polar surface area (TPSA) is 81.4 Å². The van der Waals surface area contributed by atoms with Crippen LogP contribution in [0.15, 0.2) is 36.4 Å². The molecule has 0 saturated heterocycles. The van der Waals surface area contributed by atoms with Gasteiger partial charge in [0.1, 0.15) is 5.75 Å². The first-order valence-corrected chi connectivity index (χ1v) is 6.82. The van der Waals surface area contributed by atoms with E-state index in [2.05, 4.69) is 5.32 Å². The summed E-state index contributed by atoms with van der Waals surface area (Å²) in [6.45, 7) is -0.181. The highest BCUT2D eigenvalue weighted by molar-refractivity contribution is 7.18. The second kappa shape index (κ2) is 6.40. The predicted molar refractivity (Wildman–Crippen MR) is 78.4 cm³/mol. The predicted octanol–water partition coefficient (Wildman–Crippen LogP) is 2.52. The van der Waals surface area contributed by atoms with Crippen molar-refractivity contribution in [3.63, 3.8) is 0 Å². The van der Waals surface area contributed by atoms with Gasteiger partial charge in [0.2, 0.25) is 0 Å². The molecule has 0 radical (unpaired) electrons. The fourth-order valence-electron chi connectivity index (χ4n) is 1.42. The normalized spacial score (nSPS) is 10.1. The Morgan fingerprint density at radius 1 is 1.20 bits per heavy atom. The van der Waals surface area contributed by atoms with E-state index in [-0.39, 0.29) is 12.5 Å². The molecule has 0 bridgehead atoms. The van der Waals surface area contributed by atoms with Crippen molar-refractivity contribution in [3.8, 4) is 5.75 Å². The summed E-state index contributed by atoms with van der Waals surface area (Å²) in [5.41, 5.74) is 5.59. The van der Waals surface area contributed by atoms with Crippen molar-refractivity contribution in [3.05, 3.63) is 45.6 Å². The average molecular weight is 311 g/mol. The molecule has 0 saturated carbocycles. The molecule has 0 unspecified atom stereocenters. The summed E-state index contributed by atoms with van der Waals surface area (Å²) < 4.78 is 5.67. The van der Waals surface area contributed by atoms with Gasteiger partial charge in [-0.2, -0.15) is 0 Å². The maximum absolute atomic E-state index is 11.9. The van der Waals surface area contributed by atoms with E-state index in [0.717, 1.165) is 0 Å². The zero-order valence-corrected chi connectivity index (χ0v) is 11.8. The third kappa shape index (κ3) is 3.97. The number of nitrogens with two attached hydrogens (primary N) is 1. The lowest BCUT2D eigenvalue weighted by Crippen LogP contribution is -2.20. The minimum absolute atomic E-state index is 0.181. The number of thiophene rings is 1. The third-order valence-electron chi connectivity index (χ3n) is 2.29.